The Hall–Kier alpha value is -1.19. The van der Waals surface area contributed by atoms with Gasteiger partial charge in [-0.3, -0.25) is 4.79 Å². The molecule has 0 amide bonds. The molecule has 1 heterocycles. The molecule has 1 fully saturated rings. The van der Waals surface area contributed by atoms with Crippen LogP contribution in [0.5, 0.6) is 0 Å². The third kappa shape index (κ3) is 1.84. The van der Waals surface area contributed by atoms with E-state index in [4.69, 9.17) is 5.73 Å². The van der Waals surface area contributed by atoms with Gasteiger partial charge < -0.3 is 11.1 Å². The number of hydrogen-bond acceptors (Lipinski definition) is 3. The first kappa shape index (κ1) is 9.37. The molecule has 3 N–H and O–H groups in total. The number of hydrogen-bond donors (Lipinski definition) is 2. The van der Waals surface area contributed by atoms with Crippen molar-refractivity contribution in [3.63, 3.8) is 0 Å². The molecule has 1 saturated heterocycles. The van der Waals surface area contributed by atoms with Gasteiger partial charge in [0.25, 0.3) is 0 Å². The summed E-state index contributed by atoms with van der Waals surface area (Å²) in [6.07, 6.45) is 0.827. The van der Waals surface area contributed by atoms with Crippen LogP contribution in [0.25, 0.3) is 0 Å². The molecule has 14 heavy (non-hydrogen) atoms. The van der Waals surface area contributed by atoms with Crippen molar-refractivity contribution >= 4 is 5.78 Å². The summed E-state index contributed by atoms with van der Waals surface area (Å²) in [6.45, 7) is 0.415. The van der Waals surface area contributed by atoms with Crippen molar-refractivity contribution in [2.45, 2.75) is 18.5 Å². The molecule has 2 atom stereocenters. The Kier molecular flexibility index (Phi) is 2.61. The summed E-state index contributed by atoms with van der Waals surface area (Å²) in [6, 6.07) is 9.85. The van der Waals surface area contributed by atoms with Crippen molar-refractivity contribution in [3.8, 4) is 0 Å². The lowest BCUT2D eigenvalue weighted by Gasteiger charge is -2.13. The summed E-state index contributed by atoms with van der Waals surface area (Å²) in [7, 11) is 0. The van der Waals surface area contributed by atoms with Crippen molar-refractivity contribution in [2.75, 3.05) is 6.54 Å². The zero-order valence-electron chi connectivity index (χ0n) is 7.94. The standard InChI is InChI=1S/C11H14N2O/c12-11-9(13-7-10(11)14)6-8-4-2-1-3-5-8/h1-5,9,11,13H,6-7,12H2. The first-order valence-corrected chi connectivity index (χ1v) is 4.83. The van der Waals surface area contributed by atoms with Crippen molar-refractivity contribution in [1.29, 1.82) is 0 Å². The molecule has 2 rings (SSSR count). The normalized spacial score (nSPS) is 26.8. The molecule has 0 aliphatic carbocycles. The van der Waals surface area contributed by atoms with Gasteiger partial charge in [0, 0.05) is 6.04 Å². The van der Waals surface area contributed by atoms with Crippen LogP contribution in [0.4, 0.5) is 0 Å². The first-order valence-electron chi connectivity index (χ1n) is 4.83. The third-order valence-corrected chi connectivity index (χ3v) is 2.64. The van der Waals surface area contributed by atoms with Gasteiger partial charge in [0.1, 0.15) is 0 Å². The number of nitrogens with two attached hydrogens (primary N) is 1. The summed E-state index contributed by atoms with van der Waals surface area (Å²) in [5, 5.41) is 3.13. The minimum atomic E-state index is -0.338. The number of ketones is 1. The van der Waals surface area contributed by atoms with Gasteiger partial charge in [0.2, 0.25) is 0 Å². The van der Waals surface area contributed by atoms with E-state index in [0.717, 1.165) is 6.42 Å². The quantitative estimate of drug-likeness (QED) is 0.695. The molecule has 1 aromatic rings. The predicted octanol–water partition coefficient (Wildman–Crippen LogP) is 0.0973. The van der Waals surface area contributed by atoms with Crippen LogP contribution in [-0.4, -0.2) is 24.4 Å². The van der Waals surface area contributed by atoms with Crippen molar-refractivity contribution in [3.05, 3.63) is 35.9 Å². The van der Waals surface area contributed by atoms with E-state index in [0.29, 0.717) is 6.54 Å². The predicted molar refractivity (Wildman–Crippen MR) is 54.9 cm³/mol. The maximum Gasteiger partial charge on any atom is 0.164 e. The van der Waals surface area contributed by atoms with Crippen LogP contribution < -0.4 is 11.1 Å². The average Bonchev–Trinajstić information content (AvgIpc) is 2.52. The molecular weight excluding hydrogens is 176 g/mol. The second-order valence-electron chi connectivity index (χ2n) is 3.67. The van der Waals surface area contributed by atoms with Crippen LogP contribution in [0.1, 0.15) is 5.56 Å². The Morgan fingerprint density at radius 1 is 1.36 bits per heavy atom. The minimum Gasteiger partial charge on any atom is -0.320 e. The topological polar surface area (TPSA) is 55.1 Å². The van der Waals surface area contributed by atoms with Gasteiger partial charge in [-0.05, 0) is 12.0 Å². The lowest BCUT2D eigenvalue weighted by atomic mass is 10.0. The summed E-state index contributed by atoms with van der Waals surface area (Å²) >= 11 is 0. The van der Waals surface area contributed by atoms with E-state index in [1.165, 1.54) is 5.56 Å². The van der Waals surface area contributed by atoms with Crippen molar-refractivity contribution < 1.29 is 4.79 Å². The molecule has 1 aliphatic heterocycles. The Bertz CT molecular complexity index is 323. The number of Topliss-reactive ketones (excluding diaryl/α,β-unsaturated/α-hetero) is 1. The van der Waals surface area contributed by atoms with E-state index in [9.17, 15) is 4.79 Å². The van der Waals surface area contributed by atoms with Gasteiger partial charge in [-0.15, -0.1) is 0 Å². The molecule has 3 heteroatoms. The van der Waals surface area contributed by atoms with E-state index in [1.54, 1.807) is 0 Å². The number of rotatable bonds is 2. The van der Waals surface area contributed by atoms with E-state index in [2.05, 4.69) is 17.4 Å². The zero-order valence-corrected chi connectivity index (χ0v) is 7.94. The number of nitrogens with one attached hydrogen (secondary N) is 1. The number of carbonyl (C=O) groups excluding carboxylic acids is 1. The fourth-order valence-corrected chi connectivity index (χ4v) is 1.77. The first-order chi connectivity index (χ1) is 6.77. The lowest BCUT2D eigenvalue weighted by molar-refractivity contribution is -0.117. The summed E-state index contributed by atoms with van der Waals surface area (Å²) in [5.41, 5.74) is 6.98. The molecule has 2 unspecified atom stereocenters. The molecule has 0 aromatic heterocycles. The molecule has 74 valence electrons. The molecule has 3 nitrogen and oxygen atoms in total. The largest absolute Gasteiger partial charge is 0.320 e. The van der Waals surface area contributed by atoms with Crippen LogP contribution in [0.3, 0.4) is 0 Å². The molecule has 0 radical (unpaired) electrons. The number of benzene rings is 1. The van der Waals surface area contributed by atoms with Gasteiger partial charge in [-0.2, -0.15) is 0 Å². The fraction of sp³-hybridized carbons (Fsp3) is 0.364. The fourth-order valence-electron chi connectivity index (χ4n) is 1.77. The number of carbonyl (C=O) groups is 1. The molecule has 0 spiro atoms. The van der Waals surface area contributed by atoms with Crippen LogP contribution in [-0.2, 0) is 11.2 Å². The van der Waals surface area contributed by atoms with Gasteiger partial charge in [-0.25, -0.2) is 0 Å². The van der Waals surface area contributed by atoms with E-state index in [-0.39, 0.29) is 17.9 Å². The van der Waals surface area contributed by atoms with Crippen molar-refractivity contribution in [2.24, 2.45) is 5.73 Å². The Morgan fingerprint density at radius 3 is 2.64 bits per heavy atom. The van der Waals surface area contributed by atoms with E-state index >= 15 is 0 Å². The Labute approximate surface area is 83.3 Å². The highest BCUT2D eigenvalue weighted by Crippen LogP contribution is 2.09. The second-order valence-corrected chi connectivity index (χ2v) is 3.67. The van der Waals surface area contributed by atoms with Crippen LogP contribution in [0.15, 0.2) is 30.3 Å². The van der Waals surface area contributed by atoms with Gasteiger partial charge in [0.05, 0.1) is 12.6 Å². The molecule has 1 aliphatic rings. The molecular formula is C11H14N2O. The SMILES string of the molecule is NC1C(=O)CNC1Cc1ccccc1. The maximum atomic E-state index is 11.2. The Morgan fingerprint density at radius 2 is 2.07 bits per heavy atom. The molecule has 0 saturated carbocycles. The van der Waals surface area contributed by atoms with Crippen LogP contribution in [0.2, 0.25) is 0 Å². The minimum absolute atomic E-state index is 0.102. The second kappa shape index (κ2) is 3.90. The van der Waals surface area contributed by atoms with Crippen LogP contribution in [0, 0.1) is 0 Å². The Balaban J connectivity index is 2.02. The van der Waals surface area contributed by atoms with Gasteiger partial charge in [-0.1, -0.05) is 30.3 Å². The third-order valence-electron chi connectivity index (χ3n) is 2.64. The van der Waals surface area contributed by atoms with Gasteiger partial charge in [0.15, 0.2) is 5.78 Å². The zero-order chi connectivity index (χ0) is 9.97. The summed E-state index contributed by atoms with van der Waals surface area (Å²) in [5.74, 6) is 0.117. The van der Waals surface area contributed by atoms with E-state index < -0.39 is 0 Å². The van der Waals surface area contributed by atoms with Crippen LogP contribution >= 0.6 is 0 Å². The maximum absolute atomic E-state index is 11.2. The highest BCUT2D eigenvalue weighted by Gasteiger charge is 2.30. The highest BCUT2D eigenvalue weighted by atomic mass is 16.1. The summed E-state index contributed by atoms with van der Waals surface area (Å²) < 4.78 is 0. The molecule has 1 aromatic carbocycles. The lowest BCUT2D eigenvalue weighted by Crippen LogP contribution is -2.40. The van der Waals surface area contributed by atoms with Crippen molar-refractivity contribution in [1.82, 2.24) is 5.32 Å². The monoisotopic (exact) mass is 190 g/mol. The average molecular weight is 190 g/mol. The summed E-state index contributed by atoms with van der Waals surface area (Å²) in [4.78, 5) is 11.2. The van der Waals surface area contributed by atoms with E-state index in [1.807, 2.05) is 18.2 Å². The smallest absolute Gasteiger partial charge is 0.164 e. The molecule has 0 bridgehead atoms. The van der Waals surface area contributed by atoms with Gasteiger partial charge >= 0.3 is 0 Å². The highest BCUT2D eigenvalue weighted by molar-refractivity contribution is 5.88.